The molecule has 0 aliphatic carbocycles. The van der Waals surface area contributed by atoms with Gasteiger partial charge in [0, 0.05) is 7.05 Å². The van der Waals surface area contributed by atoms with Crippen LogP contribution in [0.15, 0.2) is 22.7 Å². The Morgan fingerprint density at radius 1 is 1.50 bits per heavy atom. The fourth-order valence-electron chi connectivity index (χ4n) is 1.59. The van der Waals surface area contributed by atoms with Crippen LogP contribution >= 0.6 is 15.9 Å². The fourth-order valence-corrected chi connectivity index (χ4v) is 2.00. The van der Waals surface area contributed by atoms with E-state index in [4.69, 9.17) is 0 Å². The van der Waals surface area contributed by atoms with E-state index in [1.165, 1.54) is 26.1 Å². The van der Waals surface area contributed by atoms with Crippen molar-refractivity contribution < 1.29 is 19.1 Å². The van der Waals surface area contributed by atoms with Crippen molar-refractivity contribution in [2.24, 2.45) is 5.41 Å². The molecule has 0 aromatic heterocycles. The van der Waals surface area contributed by atoms with E-state index < -0.39 is 23.1 Å². The van der Waals surface area contributed by atoms with Crippen LogP contribution in [0, 0.1) is 11.2 Å². The molecular formula is C12H13BrFNO3. The van der Waals surface area contributed by atoms with E-state index >= 15 is 0 Å². The number of benzene rings is 1. The van der Waals surface area contributed by atoms with Gasteiger partial charge in [0.25, 0.3) is 0 Å². The van der Waals surface area contributed by atoms with Gasteiger partial charge in [0.1, 0.15) is 11.2 Å². The van der Waals surface area contributed by atoms with Crippen LogP contribution in [0.3, 0.4) is 0 Å². The lowest BCUT2D eigenvalue weighted by Gasteiger charge is -2.23. The fraction of sp³-hybridized carbons (Fsp3) is 0.333. The monoisotopic (exact) mass is 317 g/mol. The third-order valence-corrected chi connectivity index (χ3v) is 3.66. The Bertz CT molecular complexity index is 492. The highest BCUT2D eigenvalue weighted by atomic mass is 79.9. The maximum Gasteiger partial charge on any atom is 0.319 e. The Balaban J connectivity index is 3.16. The van der Waals surface area contributed by atoms with Crippen LogP contribution in [0.2, 0.25) is 0 Å². The van der Waals surface area contributed by atoms with Gasteiger partial charge >= 0.3 is 5.97 Å². The highest BCUT2D eigenvalue weighted by Crippen LogP contribution is 2.29. The van der Waals surface area contributed by atoms with E-state index in [1.807, 2.05) is 0 Å². The molecule has 0 aliphatic rings. The number of carbonyl (C=O) groups excluding carboxylic acids is 1. The van der Waals surface area contributed by atoms with Gasteiger partial charge in [-0.2, -0.15) is 0 Å². The first-order chi connectivity index (χ1) is 8.32. The molecule has 0 aliphatic heterocycles. The predicted octanol–water partition coefficient (Wildman–Crippen LogP) is 1.97. The van der Waals surface area contributed by atoms with Crippen LogP contribution in [0.1, 0.15) is 12.5 Å². The Labute approximate surface area is 112 Å². The number of halogens is 2. The van der Waals surface area contributed by atoms with E-state index in [0.29, 0.717) is 5.56 Å². The molecule has 0 radical (unpaired) electrons. The maximum absolute atomic E-state index is 13.3. The Hall–Kier alpha value is -1.43. The molecule has 1 aromatic carbocycles. The number of carboxylic acids is 1. The van der Waals surface area contributed by atoms with Gasteiger partial charge in [0.2, 0.25) is 5.91 Å². The molecule has 0 saturated carbocycles. The summed E-state index contributed by atoms with van der Waals surface area (Å²) >= 11 is 3.05. The lowest BCUT2D eigenvalue weighted by atomic mass is 9.82. The second kappa shape index (κ2) is 5.48. The minimum atomic E-state index is -1.63. The Kier molecular flexibility index (Phi) is 4.45. The average Bonchev–Trinajstić information content (AvgIpc) is 2.33. The molecular weight excluding hydrogens is 305 g/mol. The van der Waals surface area contributed by atoms with E-state index in [-0.39, 0.29) is 10.9 Å². The quantitative estimate of drug-likeness (QED) is 0.834. The summed E-state index contributed by atoms with van der Waals surface area (Å²) in [6.07, 6.45) is -0.0969. The lowest BCUT2D eigenvalue weighted by molar-refractivity contribution is -0.154. The number of hydrogen-bond acceptors (Lipinski definition) is 2. The summed E-state index contributed by atoms with van der Waals surface area (Å²) in [5, 5.41) is 11.5. The Morgan fingerprint density at radius 3 is 2.61 bits per heavy atom. The summed E-state index contributed by atoms with van der Waals surface area (Å²) in [7, 11) is 1.37. The van der Waals surface area contributed by atoms with Gasteiger partial charge in [-0.25, -0.2) is 4.39 Å². The van der Waals surface area contributed by atoms with Crippen LogP contribution in [0.4, 0.5) is 4.39 Å². The van der Waals surface area contributed by atoms with Gasteiger partial charge in [-0.3, -0.25) is 9.59 Å². The normalized spacial score (nSPS) is 13.8. The molecule has 98 valence electrons. The second-order valence-electron chi connectivity index (χ2n) is 4.11. The van der Waals surface area contributed by atoms with Crippen molar-refractivity contribution in [1.82, 2.24) is 5.32 Å². The second-order valence-corrected chi connectivity index (χ2v) is 4.90. The smallest absolute Gasteiger partial charge is 0.319 e. The van der Waals surface area contributed by atoms with Gasteiger partial charge in [-0.15, -0.1) is 0 Å². The topological polar surface area (TPSA) is 66.4 Å². The molecule has 0 heterocycles. The van der Waals surface area contributed by atoms with Gasteiger partial charge in [-0.05, 0) is 40.9 Å². The zero-order valence-corrected chi connectivity index (χ0v) is 11.5. The van der Waals surface area contributed by atoms with Crippen molar-refractivity contribution >= 4 is 27.8 Å². The molecule has 0 spiro atoms. The van der Waals surface area contributed by atoms with Crippen LogP contribution < -0.4 is 5.32 Å². The summed E-state index contributed by atoms with van der Waals surface area (Å²) in [5.41, 5.74) is -1.20. The van der Waals surface area contributed by atoms with Gasteiger partial charge in [-0.1, -0.05) is 12.1 Å². The number of carboxylic acid groups (broad SMARTS) is 1. The number of aliphatic carboxylic acids is 1. The maximum atomic E-state index is 13.3. The first kappa shape index (κ1) is 14.6. The largest absolute Gasteiger partial charge is 0.480 e. The van der Waals surface area contributed by atoms with Crippen molar-refractivity contribution in [1.29, 1.82) is 0 Å². The number of nitrogens with one attached hydrogen (secondary N) is 1. The third-order valence-electron chi connectivity index (χ3n) is 2.78. The van der Waals surface area contributed by atoms with Gasteiger partial charge in [0.15, 0.2) is 0 Å². The van der Waals surface area contributed by atoms with Crippen LogP contribution in [-0.4, -0.2) is 24.0 Å². The molecule has 1 unspecified atom stereocenters. The van der Waals surface area contributed by atoms with Crippen LogP contribution in [0.5, 0.6) is 0 Å². The van der Waals surface area contributed by atoms with E-state index in [1.54, 1.807) is 6.07 Å². The minimum Gasteiger partial charge on any atom is -0.480 e. The molecule has 6 heteroatoms. The molecule has 1 amide bonds. The van der Waals surface area contributed by atoms with Crippen molar-refractivity contribution in [2.75, 3.05) is 7.05 Å². The molecule has 1 rings (SSSR count). The van der Waals surface area contributed by atoms with E-state index in [0.717, 1.165) is 0 Å². The minimum absolute atomic E-state index is 0.0969. The summed E-state index contributed by atoms with van der Waals surface area (Å²) in [6, 6.07) is 4.31. The molecule has 1 aromatic rings. The SMILES string of the molecule is CNC(=O)C(C)(Cc1cccc(F)c1Br)C(=O)O. The third kappa shape index (κ3) is 2.69. The van der Waals surface area contributed by atoms with Crippen LogP contribution in [0.25, 0.3) is 0 Å². The van der Waals surface area contributed by atoms with Crippen molar-refractivity contribution in [2.45, 2.75) is 13.3 Å². The highest BCUT2D eigenvalue weighted by molar-refractivity contribution is 9.10. The van der Waals surface area contributed by atoms with Gasteiger partial charge < -0.3 is 10.4 Å². The number of rotatable bonds is 4. The number of hydrogen-bond donors (Lipinski definition) is 2. The van der Waals surface area contributed by atoms with Crippen molar-refractivity contribution in [3.05, 3.63) is 34.1 Å². The molecule has 4 nitrogen and oxygen atoms in total. The average molecular weight is 318 g/mol. The molecule has 0 saturated heterocycles. The predicted molar refractivity (Wildman–Crippen MR) is 67.6 cm³/mol. The summed E-state index contributed by atoms with van der Waals surface area (Å²) in [4.78, 5) is 22.9. The summed E-state index contributed by atoms with van der Waals surface area (Å²) < 4.78 is 13.5. The standard InChI is InChI=1S/C12H13BrFNO3/c1-12(11(17)18,10(16)15-2)6-7-4-3-5-8(14)9(7)13/h3-5H,6H2,1-2H3,(H,15,16)(H,17,18). The summed E-state index contributed by atoms with van der Waals surface area (Å²) in [5.74, 6) is -2.36. The molecule has 18 heavy (non-hydrogen) atoms. The summed E-state index contributed by atoms with van der Waals surface area (Å²) in [6.45, 7) is 1.31. The Morgan fingerprint density at radius 2 is 2.11 bits per heavy atom. The number of amides is 1. The lowest BCUT2D eigenvalue weighted by Crippen LogP contribution is -2.44. The van der Waals surface area contributed by atoms with Crippen molar-refractivity contribution in [3.63, 3.8) is 0 Å². The molecule has 0 bridgehead atoms. The first-order valence-electron chi connectivity index (χ1n) is 5.21. The highest BCUT2D eigenvalue weighted by Gasteiger charge is 2.41. The van der Waals surface area contributed by atoms with Gasteiger partial charge in [0.05, 0.1) is 4.47 Å². The molecule has 1 atom stereocenters. The van der Waals surface area contributed by atoms with Crippen molar-refractivity contribution in [3.8, 4) is 0 Å². The zero-order valence-electron chi connectivity index (χ0n) is 9.96. The number of carbonyl (C=O) groups is 2. The van der Waals surface area contributed by atoms with E-state index in [9.17, 15) is 19.1 Å². The molecule has 2 N–H and O–H groups in total. The van der Waals surface area contributed by atoms with Crippen LogP contribution in [-0.2, 0) is 16.0 Å². The molecule has 0 fully saturated rings. The van der Waals surface area contributed by atoms with E-state index in [2.05, 4.69) is 21.2 Å². The first-order valence-corrected chi connectivity index (χ1v) is 6.00. The zero-order chi connectivity index (χ0) is 13.9.